The number of amides is 1. The monoisotopic (exact) mass is 679 g/mol. The molecule has 1 spiro atoms. The number of ether oxygens (including phenoxy) is 2. The normalized spacial score (nSPS) is 17.9. The van der Waals surface area contributed by atoms with Gasteiger partial charge in [0, 0.05) is 74.7 Å². The molecule has 14 heteroatoms. The Bertz CT molecular complexity index is 1450. The van der Waals surface area contributed by atoms with Crippen molar-refractivity contribution < 1.29 is 53.9 Å². The standard InChI is InChI=1S/C27H33N3O3.2C4H4O4/c1-2-13-28-26(31)19-30-16-14-29(15-17-30)18-23-20-32-27(33-23)24-9-5-3-7-21(24)11-12-22-8-4-6-10-25(22)27;2*5-3(6)1-2-4(7)8/h3-12,23H,2,13-20H2,1H3,(H,28,31);2*1-2H,(H,5,6)(H,7,8)/b;2*2-1+. The van der Waals surface area contributed by atoms with Gasteiger partial charge in [-0.2, -0.15) is 0 Å². The first-order chi connectivity index (χ1) is 23.4. The summed E-state index contributed by atoms with van der Waals surface area (Å²) in [5.74, 6) is -5.78. The maximum atomic E-state index is 12.0. The summed E-state index contributed by atoms with van der Waals surface area (Å²) in [5, 5.41) is 34.2. The highest BCUT2D eigenvalue weighted by Crippen LogP contribution is 2.45. The first kappa shape index (κ1) is 38.3. The maximum Gasteiger partial charge on any atom is 0.328 e. The molecular weight excluding hydrogens is 638 g/mol. The van der Waals surface area contributed by atoms with Gasteiger partial charge in [0.1, 0.15) is 0 Å². The zero-order valence-corrected chi connectivity index (χ0v) is 27.1. The van der Waals surface area contributed by atoms with Crippen molar-refractivity contribution in [1.82, 2.24) is 15.1 Å². The fraction of sp³-hybridized carbons (Fsp3) is 0.343. The minimum absolute atomic E-state index is 0.0105. The van der Waals surface area contributed by atoms with Gasteiger partial charge in [-0.3, -0.25) is 14.6 Å². The Hall–Kier alpha value is -5.15. The molecule has 262 valence electrons. The summed E-state index contributed by atoms with van der Waals surface area (Å²) in [6.45, 7) is 8.35. The number of carbonyl (C=O) groups is 5. The van der Waals surface area contributed by atoms with Crippen molar-refractivity contribution in [3.05, 3.63) is 95.1 Å². The van der Waals surface area contributed by atoms with E-state index in [4.69, 9.17) is 29.9 Å². The Balaban J connectivity index is 0.000000338. The number of aliphatic carboxylic acids is 4. The Morgan fingerprint density at radius 1 is 0.755 bits per heavy atom. The van der Waals surface area contributed by atoms with E-state index in [1.807, 2.05) is 0 Å². The molecule has 0 saturated carbocycles. The molecule has 0 aromatic heterocycles. The van der Waals surface area contributed by atoms with E-state index in [0.29, 0.717) is 37.5 Å². The maximum absolute atomic E-state index is 12.0. The Morgan fingerprint density at radius 3 is 1.65 bits per heavy atom. The van der Waals surface area contributed by atoms with Gasteiger partial charge in [0.25, 0.3) is 0 Å². The van der Waals surface area contributed by atoms with Crippen molar-refractivity contribution in [3.8, 4) is 0 Å². The van der Waals surface area contributed by atoms with Gasteiger partial charge in [-0.1, -0.05) is 67.6 Å². The Kier molecular flexibility index (Phi) is 14.9. The molecule has 2 saturated heterocycles. The smallest absolute Gasteiger partial charge is 0.328 e. The molecule has 5 N–H and O–H groups in total. The summed E-state index contributed by atoms with van der Waals surface area (Å²) in [5.41, 5.74) is 4.39. The highest BCUT2D eigenvalue weighted by molar-refractivity contribution is 5.90. The second kappa shape index (κ2) is 19.0. The lowest BCUT2D eigenvalue weighted by molar-refractivity contribution is -0.145. The largest absolute Gasteiger partial charge is 0.478 e. The van der Waals surface area contributed by atoms with Crippen molar-refractivity contribution in [1.29, 1.82) is 0 Å². The molecule has 2 heterocycles. The molecule has 0 radical (unpaired) electrons. The third-order valence-corrected chi connectivity index (χ3v) is 7.48. The number of carboxylic acid groups (broad SMARTS) is 4. The van der Waals surface area contributed by atoms with E-state index in [-0.39, 0.29) is 12.0 Å². The van der Waals surface area contributed by atoms with Crippen molar-refractivity contribution in [2.75, 3.05) is 52.4 Å². The number of rotatable bonds is 10. The number of hydrogen-bond acceptors (Lipinski definition) is 9. The van der Waals surface area contributed by atoms with Crippen LogP contribution in [-0.4, -0.2) is 119 Å². The summed E-state index contributed by atoms with van der Waals surface area (Å²) in [6.07, 6.45) is 7.49. The van der Waals surface area contributed by atoms with E-state index >= 15 is 0 Å². The Labute approximate surface area is 283 Å². The quantitative estimate of drug-likeness (QED) is 0.229. The average molecular weight is 680 g/mol. The number of carbonyl (C=O) groups excluding carboxylic acids is 1. The highest BCUT2D eigenvalue weighted by Gasteiger charge is 2.47. The van der Waals surface area contributed by atoms with Gasteiger partial charge in [0.05, 0.1) is 19.3 Å². The fourth-order valence-corrected chi connectivity index (χ4v) is 5.32. The number of fused-ring (bicyclic) bond motifs is 4. The molecule has 2 fully saturated rings. The predicted octanol–water partition coefficient (Wildman–Crippen LogP) is 2.35. The zero-order chi connectivity index (χ0) is 35.8. The Morgan fingerprint density at radius 2 is 1.20 bits per heavy atom. The lowest BCUT2D eigenvalue weighted by atomic mass is 9.93. The molecular formula is C35H41N3O11. The van der Waals surface area contributed by atoms with E-state index in [2.05, 4.69) is 82.7 Å². The van der Waals surface area contributed by atoms with Crippen LogP contribution in [0.1, 0.15) is 35.6 Å². The predicted molar refractivity (Wildman–Crippen MR) is 178 cm³/mol. The van der Waals surface area contributed by atoms with Crippen LogP contribution in [0.4, 0.5) is 0 Å². The van der Waals surface area contributed by atoms with Crippen molar-refractivity contribution >= 4 is 41.9 Å². The highest BCUT2D eigenvalue weighted by atomic mass is 16.7. The van der Waals surface area contributed by atoms with Crippen LogP contribution < -0.4 is 5.32 Å². The van der Waals surface area contributed by atoms with E-state index in [0.717, 1.165) is 67.9 Å². The number of nitrogens with one attached hydrogen (secondary N) is 1. The summed E-state index contributed by atoms with van der Waals surface area (Å²) >= 11 is 0. The van der Waals surface area contributed by atoms with Crippen molar-refractivity contribution in [2.45, 2.75) is 25.2 Å². The van der Waals surface area contributed by atoms with Crippen molar-refractivity contribution in [3.63, 3.8) is 0 Å². The average Bonchev–Trinajstić information content (AvgIpc) is 3.44. The number of hydrogen-bond donors (Lipinski definition) is 5. The topological polar surface area (TPSA) is 203 Å². The van der Waals surface area contributed by atoms with Crippen LogP contribution in [0, 0.1) is 0 Å². The number of nitrogens with zero attached hydrogens (tertiary/aromatic N) is 2. The summed E-state index contributed by atoms with van der Waals surface area (Å²) in [4.78, 5) is 54.9. The first-order valence-electron chi connectivity index (χ1n) is 15.6. The molecule has 0 bridgehead atoms. The SMILES string of the molecule is CCCNC(=O)CN1CCN(CC2COC3(O2)c2ccccc2C=Cc2ccccc23)CC1.O=C(O)/C=C/C(=O)O.O=C(O)/C=C/C(=O)O. The van der Waals surface area contributed by atoms with Crippen LogP contribution in [-0.2, 0) is 39.2 Å². The lowest BCUT2D eigenvalue weighted by Crippen LogP contribution is -2.51. The van der Waals surface area contributed by atoms with E-state index in [1.165, 1.54) is 0 Å². The molecule has 49 heavy (non-hydrogen) atoms. The van der Waals surface area contributed by atoms with Gasteiger partial charge in [-0.15, -0.1) is 0 Å². The van der Waals surface area contributed by atoms with Crippen LogP contribution in [0.2, 0.25) is 0 Å². The molecule has 14 nitrogen and oxygen atoms in total. The molecule has 2 aromatic carbocycles. The zero-order valence-electron chi connectivity index (χ0n) is 27.1. The molecule has 2 aromatic rings. The van der Waals surface area contributed by atoms with Crippen LogP contribution in [0.3, 0.4) is 0 Å². The van der Waals surface area contributed by atoms with E-state index in [9.17, 15) is 24.0 Å². The van der Waals surface area contributed by atoms with E-state index in [1.54, 1.807) is 0 Å². The van der Waals surface area contributed by atoms with Crippen LogP contribution in [0.15, 0.2) is 72.8 Å². The molecule has 1 amide bonds. The number of carboxylic acids is 4. The van der Waals surface area contributed by atoms with E-state index < -0.39 is 29.7 Å². The second-order valence-electron chi connectivity index (χ2n) is 11.1. The first-order valence-corrected chi connectivity index (χ1v) is 15.6. The van der Waals surface area contributed by atoms with Crippen LogP contribution in [0.5, 0.6) is 0 Å². The molecule has 3 aliphatic rings. The summed E-state index contributed by atoms with van der Waals surface area (Å²) < 4.78 is 13.3. The van der Waals surface area contributed by atoms with Gasteiger partial charge in [0.2, 0.25) is 11.7 Å². The number of benzene rings is 2. The van der Waals surface area contributed by atoms with Gasteiger partial charge < -0.3 is 35.2 Å². The van der Waals surface area contributed by atoms with Crippen molar-refractivity contribution in [2.24, 2.45) is 0 Å². The number of piperazine rings is 1. The minimum atomic E-state index is -1.26. The molecule has 2 aliphatic heterocycles. The summed E-state index contributed by atoms with van der Waals surface area (Å²) in [7, 11) is 0. The molecule has 1 atom stereocenters. The summed E-state index contributed by atoms with van der Waals surface area (Å²) in [6, 6.07) is 16.7. The third-order valence-electron chi connectivity index (χ3n) is 7.48. The molecule has 1 aliphatic carbocycles. The van der Waals surface area contributed by atoms with Gasteiger partial charge in [-0.05, 0) is 17.5 Å². The third kappa shape index (κ3) is 12.1. The molecule has 5 rings (SSSR count). The van der Waals surface area contributed by atoms with Crippen LogP contribution in [0.25, 0.3) is 12.2 Å². The second-order valence-corrected chi connectivity index (χ2v) is 11.1. The minimum Gasteiger partial charge on any atom is -0.478 e. The van der Waals surface area contributed by atoms with Gasteiger partial charge in [0.15, 0.2) is 0 Å². The fourth-order valence-electron chi connectivity index (χ4n) is 5.32. The lowest BCUT2D eigenvalue weighted by Gasteiger charge is -2.36. The van der Waals surface area contributed by atoms with Gasteiger partial charge >= 0.3 is 23.9 Å². The van der Waals surface area contributed by atoms with Crippen LogP contribution >= 0.6 is 0 Å². The molecule has 1 unspecified atom stereocenters. The van der Waals surface area contributed by atoms with Gasteiger partial charge in [-0.25, -0.2) is 19.2 Å².